The second-order valence-corrected chi connectivity index (χ2v) is 14.3. The van der Waals surface area contributed by atoms with Crippen LogP contribution in [0.4, 0.5) is 0 Å². The number of nitrogens with zero attached hydrogens (tertiary/aromatic N) is 2. The van der Waals surface area contributed by atoms with Gasteiger partial charge in [0, 0.05) is 0 Å². The predicted octanol–water partition coefficient (Wildman–Crippen LogP) is 1.81. The summed E-state index contributed by atoms with van der Waals surface area (Å²) >= 11 is -4.46. The molecule has 0 aliphatic heterocycles. The predicted molar refractivity (Wildman–Crippen MR) is 97.3 cm³/mol. The maximum atomic E-state index is 13.0. The van der Waals surface area contributed by atoms with Crippen LogP contribution in [0.5, 0.6) is 0 Å². The van der Waals surface area contributed by atoms with Gasteiger partial charge in [0.25, 0.3) is 0 Å². The molecule has 0 aromatic carbocycles. The van der Waals surface area contributed by atoms with Crippen molar-refractivity contribution in [3.8, 4) is 0 Å². The monoisotopic (exact) mass is 424 g/mol. The average Bonchev–Trinajstić information content (AvgIpc) is 2.43. The molecule has 0 radical (unpaired) electrons. The van der Waals surface area contributed by atoms with E-state index in [0.29, 0.717) is 0 Å². The first-order valence-corrected chi connectivity index (χ1v) is 11.8. The maximum absolute atomic E-state index is 13.0. The van der Waals surface area contributed by atoms with Crippen LogP contribution in [0.3, 0.4) is 0 Å². The molecular formula is C18H36N2O6Ti+2. The molecule has 0 aromatic heterocycles. The van der Waals surface area contributed by atoms with Crippen LogP contribution in [0, 0.1) is 0 Å². The van der Waals surface area contributed by atoms with Crippen LogP contribution < -0.4 is 0 Å². The molecule has 0 fully saturated rings. The summed E-state index contributed by atoms with van der Waals surface area (Å²) < 4.78 is 12.0. The van der Waals surface area contributed by atoms with E-state index < -0.39 is 17.9 Å². The van der Waals surface area contributed by atoms with Crippen LogP contribution in [0.1, 0.15) is 54.4 Å². The van der Waals surface area contributed by atoms with E-state index in [4.69, 9.17) is 6.64 Å². The fraction of sp³-hybridized carbons (Fsp3) is 0.778. The molecule has 0 bridgehead atoms. The molecule has 0 unspecified atom stereocenters. The van der Waals surface area contributed by atoms with E-state index in [1.54, 1.807) is 28.2 Å². The zero-order valence-electron chi connectivity index (χ0n) is 18.4. The summed E-state index contributed by atoms with van der Waals surface area (Å²) in [7, 11) is 6.54. The first kappa shape index (κ1) is 26.2. The van der Waals surface area contributed by atoms with Gasteiger partial charge in [-0.1, -0.05) is 0 Å². The van der Waals surface area contributed by atoms with Gasteiger partial charge in [-0.15, -0.1) is 0 Å². The van der Waals surface area contributed by atoms with E-state index in [2.05, 4.69) is 0 Å². The topological polar surface area (TPSA) is 86.7 Å². The van der Waals surface area contributed by atoms with Gasteiger partial charge in [0.2, 0.25) is 0 Å². The summed E-state index contributed by atoms with van der Waals surface area (Å²) in [5.41, 5.74) is 0. The first-order valence-electron chi connectivity index (χ1n) is 9.10. The van der Waals surface area contributed by atoms with Gasteiger partial charge < -0.3 is 0 Å². The Hall–Kier alpha value is -0.766. The molecule has 0 saturated heterocycles. The van der Waals surface area contributed by atoms with E-state index in [-0.39, 0.29) is 54.4 Å². The summed E-state index contributed by atoms with van der Waals surface area (Å²) in [4.78, 5) is 49.2. The van der Waals surface area contributed by atoms with Crippen molar-refractivity contribution in [2.75, 3.05) is 28.2 Å². The molecule has 156 valence electrons. The van der Waals surface area contributed by atoms with Gasteiger partial charge in [-0.05, 0) is 0 Å². The molecule has 0 aliphatic carbocycles. The molecule has 0 aliphatic rings. The van der Waals surface area contributed by atoms with Crippen molar-refractivity contribution in [1.82, 2.24) is 0 Å². The summed E-state index contributed by atoms with van der Waals surface area (Å²) in [5, 5.41) is 0. The molecule has 0 N–H and O–H groups in total. The Kier molecular flexibility index (Phi) is 9.35. The van der Waals surface area contributed by atoms with Gasteiger partial charge in [-0.3, -0.25) is 0 Å². The second-order valence-electron chi connectivity index (χ2n) is 8.33. The third kappa shape index (κ3) is 6.11. The summed E-state index contributed by atoms with van der Waals surface area (Å²) in [5.74, 6) is -1.27. The SMILES string of the molecule is CC(=O)CC(=O)[N+](C)(C)[Ti]([O]C(C)C)([O]C(C)C)[N+](C)(C)C(=O)CC(C)=O. The Bertz CT molecular complexity index is 547. The number of rotatable bonds is 10. The average molecular weight is 424 g/mol. The third-order valence-corrected chi connectivity index (χ3v) is 11.9. The number of hydrogen-bond donors (Lipinski definition) is 0. The van der Waals surface area contributed by atoms with Crippen LogP contribution >= 0.6 is 0 Å². The number of quaternary nitrogens is 2. The fourth-order valence-corrected chi connectivity index (χ4v) is 9.76. The molecule has 0 atom stereocenters. The Morgan fingerprint density at radius 3 is 1.15 bits per heavy atom. The van der Waals surface area contributed by atoms with Gasteiger partial charge in [0.05, 0.1) is 0 Å². The van der Waals surface area contributed by atoms with Gasteiger partial charge in [-0.2, -0.15) is 0 Å². The van der Waals surface area contributed by atoms with Crippen LogP contribution in [0.2, 0.25) is 0 Å². The van der Waals surface area contributed by atoms with E-state index in [9.17, 15) is 19.2 Å². The Morgan fingerprint density at radius 2 is 0.963 bits per heavy atom. The van der Waals surface area contributed by atoms with Gasteiger partial charge in [0.15, 0.2) is 0 Å². The minimum absolute atomic E-state index is 0.267. The van der Waals surface area contributed by atoms with E-state index in [1.807, 2.05) is 27.7 Å². The molecule has 8 nitrogen and oxygen atoms in total. The van der Waals surface area contributed by atoms with Crippen molar-refractivity contribution < 1.29 is 49.6 Å². The number of hydrogen-bond acceptors (Lipinski definition) is 6. The molecule has 0 aromatic rings. The second kappa shape index (κ2) is 9.63. The zero-order chi connectivity index (χ0) is 21.8. The Balaban J connectivity index is 6.66. The van der Waals surface area contributed by atoms with Crippen LogP contribution in [-0.4, -0.2) is 69.7 Å². The van der Waals surface area contributed by atoms with Crippen molar-refractivity contribution in [1.29, 1.82) is 0 Å². The molecule has 0 heterocycles. The number of Topliss-reactive ketones (excluding diaryl/α,β-unsaturated/α-hetero) is 2. The van der Waals surface area contributed by atoms with Gasteiger partial charge in [0.1, 0.15) is 0 Å². The normalized spacial score (nSPS) is 13.2. The quantitative estimate of drug-likeness (QED) is 0.393. The van der Waals surface area contributed by atoms with Crippen molar-refractivity contribution in [2.24, 2.45) is 0 Å². The van der Waals surface area contributed by atoms with E-state index in [0.717, 1.165) is 0 Å². The minimum atomic E-state index is -4.46. The van der Waals surface area contributed by atoms with E-state index >= 15 is 0 Å². The number of amides is 2. The molecular weight excluding hydrogens is 388 g/mol. The standard InChI is InChI=1S/2C6H11NO2.2C3H7O.Ti/c2*1-5(8)4-6(9)7(2)3;2*1-3(2)4;/h2*4H2,1-3H3;2*3H,1-2H3;/q;;2*-1;+4. The van der Waals surface area contributed by atoms with Gasteiger partial charge in [-0.25, -0.2) is 0 Å². The van der Waals surface area contributed by atoms with Crippen LogP contribution in [0.15, 0.2) is 0 Å². The molecule has 9 heteroatoms. The van der Waals surface area contributed by atoms with Crippen LogP contribution in [-0.2, 0) is 43.7 Å². The van der Waals surface area contributed by atoms with Crippen molar-refractivity contribution in [3.05, 3.63) is 0 Å². The summed E-state index contributed by atoms with van der Waals surface area (Å²) in [6, 6.07) is 0. The number of carbonyl (C=O) groups is 4. The molecule has 27 heavy (non-hydrogen) atoms. The summed E-state index contributed by atoms with van der Waals surface area (Å²) in [6.45, 7) is 9.95. The Labute approximate surface area is 167 Å². The zero-order valence-corrected chi connectivity index (χ0v) is 20.0. The van der Waals surface area contributed by atoms with Crippen LogP contribution in [0.25, 0.3) is 0 Å². The van der Waals surface area contributed by atoms with Crippen molar-refractivity contribution in [3.63, 3.8) is 0 Å². The fourth-order valence-electron chi connectivity index (χ4n) is 2.93. The summed E-state index contributed by atoms with van der Waals surface area (Å²) in [6.07, 6.45) is -1.17. The van der Waals surface area contributed by atoms with E-state index in [1.165, 1.54) is 13.8 Å². The Morgan fingerprint density at radius 1 is 0.704 bits per heavy atom. The number of carbonyl (C=O) groups excluding carboxylic acids is 4. The third-order valence-electron chi connectivity index (χ3n) is 4.24. The van der Waals surface area contributed by atoms with Gasteiger partial charge >= 0.3 is 168 Å². The number of ketones is 2. The first-order chi connectivity index (χ1) is 12.0. The molecule has 2 amide bonds. The van der Waals surface area contributed by atoms with Crippen molar-refractivity contribution in [2.45, 2.75) is 66.6 Å². The van der Waals surface area contributed by atoms with Crippen molar-refractivity contribution >= 4 is 23.4 Å². The molecule has 0 spiro atoms. The molecule has 0 saturated carbocycles. The molecule has 0 rings (SSSR count).